The Labute approximate surface area is 169 Å². The summed E-state index contributed by atoms with van der Waals surface area (Å²) in [7, 11) is 1.99. The average molecular weight is 386 g/mol. The molecule has 2 aromatic rings. The molecule has 0 bridgehead atoms. The van der Waals surface area contributed by atoms with E-state index in [2.05, 4.69) is 63.3 Å². The SMILES string of the molecule is CCNC(=NCc1ccccc1OC(C)(C)C)NCCc1c(C)nn(C)c1C. The van der Waals surface area contributed by atoms with E-state index in [1.165, 1.54) is 11.3 Å². The van der Waals surface area contributed by atoms with Crippen molar-refractivity contribution in [1.29, 1.82) is 0 Å². The van der Waals surface area contributed by atoms with Gasteiger partial charge in [0.05, 0.1) is 12.2 Å². The first-order valence-electron chi connectivity index (χ1n) is 9.99. The summed E-state index contributed by atoms with van der Waals surface area (Å²) in [5.74, 6) is 1.70. The zero-order chi connectivity index (χ0) is 20.7. The van der Waals surface area contributed by atoms with Crippen molar-refractivity contribution in [2.24, 2.45) is 12.0 Å². The summed E-state index contributed by atoms with van der Waals surface area (Å²) >= 11 is 0. The van der Waals surface area contributed by atoms with Crippen LogP contribution in [0.4, 0.5) is 0 Å². The first kappa shape index (κ1) is 21.8. The number of guanidine groups is 1. The summed E-state index contributed by atoms with van der Waals surface area (Å²) < 4.78 is 8.01. The van der Waals surface area contributed by atoms with Crippen LogP contribution in [0.1, 0.15) is 50.2 Å². The van der Waals surface area contributed by atoms with Crippen molar-refractivity contribution in [2.45, 2.75) is 60.1 Å². The zero-order valence-corrected chi connectivity index (χ0v) is 18.4. The molecule has 0 fully saturated rings. The van der Waals surface area contributed by atoms with Gasteiger partial charge in [-0.25, -0.2) is 4.99 Å². The van der Waals surface area contributed by atoms with Crippen LogP contribution in [0.5, 0.6) is 5.75 Å². The number of benzene rings is 1. The molecular formula is C22H35N5O. The molecule has 6 nitrogen and oxygen atoms in total. The fraction of sp³-hybridized carbons (Fsp3) is 0.545. The molecule has 0 aliphatic rings. The van der Waals surface area contributed by atoms with Gasteiger partial charge in [-0.2, -0.15) is 5.10 Å². The summed E-state index contributed by atoms with van der Waals surface area (Å²) in [6.07, 6.45) is 0.916. The molecule has 0 atom stereocenters. The molecule has 2 N–H and O–H groups in total. The van der Waals surface area contributed by atoms with E-state index >= 15 is 0 Å². The van der Waals surface area contributed by atoms with Gasteiger partial charge in [0, 0.05) is 31.4 Å². The minimum Gasteiger partial charge on any atom is -0.488 e. The maximum atomic E-state index is 6.07. The molecule has 0 radical (unpaired) electrons. The van der Waals surface area contributed by atoms with E-state index in [0.29, 0.717) is 6.54 Å². The van der Waals surface area contributed by atoms with Gasteiger partial charge in [-0.3, -0.25) is 4.68 Å². The van der Waals surface area contributed by atoms with Gasteiger partial charge in [-0.15, -0.1) is 0 Å². The van der Waals surface area contributed by atoms with E-state index in [1.54, 1.807) is 0 Å². The predicted molar refractivity (Wildman–Crippen MR) is 116 cm³/mol. The third-order valence-corrected chi connectivity index (χ3v) is 4.47. The van der Waals surface area contributed by atoms with Crippen LogP contribution in [0, 0.1) is 13.8 Å². The Balaban J connectivity index is 2.03. The van der Waals surface area contributed by atoms with Gasteiger partial charge in [0.1, 0.15) is 11.4 Å². The maximum Gasteiger partial charge on any atom is 0.191 e. The monoisotopic (exact) mass is 385 g/mol. The highest BCUT2D eigenvalue weighted by Crippen LogP contribution is 2.23. The number of nitrogens with one attached hydrogen (secondary N) is 2. The van der Waals surface area contributed by atoms with E-state index in [1.807, 2.05) is 29.9 Å². The first-order valence-corrected chi connectivity index (χ1v) is 9.99. The molecule has 1 aromatic carbocycles. The summed E-state index contributed by atoms with van der Waals surface area (Å²) in [4.78, 5) is 4.75. The van der Waals surface area contributed by atoms with Crippen molar-refractivity contribution < 1.29 is 4.74 Å². The second kappa shape index (κ2) is 9.62. The number of para-hydroxylation sites is 1. The summed E-state index contributed by atoms with van der Waals surface area (Å²) in [6, 6.07) is 8.09. The maximum absolute atomic E-state index is 6.07. The van der Waals surface area contributed by atoms with E-state index in [4.69, 9.17) is 9.73 Å². The largest absolute Gasteiger partial charge is 0.488 e. The lowest BCUT2D eigenvalue weighted by Crippen LogP contribution is -2.38. The topological polar surface area (TPSA) is 63.5 Å². The van der Waals surface area contributed by atoms with Crippen LogP contribution in [0.2, 0.25) is 0 Å². The van der Waals surface area contributed by atoms with Crippen LogP contribution in [-0.4, -0.2) is 34.4 Å². The van der Waals surface area contributed by atoms with Crippen molar-refractivity contribution in [3.63, 3.8) is 0 Å². The lowest BCUT2D eigenvalue weighted by atomic mass is 10.1. The molecule has 154 valence electrons. The van der Waals surface area contributed by atoms with Gasteiger partial charge < -0.3 is 15.4 Å². The van der Waals surface area contributed by atoms with Crippen LogP contribution in [0.15, 0.2) is 29.3 Å². The molecule has 1 aromatic heterocycles. The second-order valence-electron chi connectivity index (χ2n) is 7.97. The van der Waals surface area contributed by atoms with Crippen LogP contribution < -0.4 is 15.4 Å². The minimum absolute atomic E-state index is 0.234. The Morgan fingerprint density at radius 1 is 1.18 bits per heavy atom. The quantitative estimate of drug-likeness (QED) is 0.565. The zero-order valence-electron chi connectivity index (χ0n) is 18.4. The summed E-state index contributed by atoms with van der Waals surface area (Å²) in [5, 5.41) is 11.2. The van der Waals surface area contributed by atoms with Gasteiger partial charge in [-0.05, 0) is 59.6 Å². The third-order valence-electron chi connectivity index (χ3n) is 4.47. The van der Waals surface area contributed by atoms with Crippen molar-refractivity contribution in [2.75, 3.05) is 13.1 Å². The molecule has 0 aliphatic carbocycles. The molecule has 0 saturated carbocycles. The number of ether oxygens (including phenoxy) is 1. The fourth-order valence-electron chi connectivity index (χ4n) is 3.06. The van der Waals surface area contributed by atoms with Crippen LogP contribution >= 0.6 is 0 Å². The Morgan fingerprint density at radius 3 is 2.50 bits per heavy atom. The lowest BCUT2D eigenvalue weighted by Gasteiger charge is -2.23. The number of hydrogen-bond donors (Lipinski definition) is 2. The molecular weight excluding hydrogens is 350 g/mol. The number of hydrogen-bond acceptors (Lipinski definition) is 3. The molecule has 1 heterocycles. The van der Waals surface area contributed by atoms with E-state index in [-0.39, 0.29) is 5.60 Å². The first-order chi connectivity index (χ1) is 13.2. The second-order valence-corrected chi connectivity index (χ2v) is 7.97. The highest BCUT2D eigenvalue weighted by Gasteiger charge is 2.14. The highest BCUT2D eigenvalue weighted by molar-refractivity contribution is 5.79. The van der Waals surface area contributed by atoms with Gasteiger partial charge in [-0.1, -0.05) is 18.2 Å². The normalized spacial score (nSPS) is 12.2. The van der Waals surface area contributed by atoms with Crippen molar-refractivity contribution in [3.8, 4) is 5.75 Å². The summed E-state index contributed by atoms with van der Waals surface area (Å²) in [6.45, 7) is 14.6. The van der Waals surface area contributed by atoms with Crippen LogP contribution in [0.25, 0.3) is 0 Å². The van der Waals surface area contributed by atoms with Gasteiger partial charge in [0.25, 0.3) is 0 Å². The molecule has 0 spiro atoms. The number of nitrogens with zero attached hydrogens (tertiary/aromatic N) is 3. The van der Waals surface area contributed by atoms with Crippen LogP contribution in [-0.2, 0) is 20.0 Å². The Bertz CT molecular complexity index is 802. The molecule has 0 unspecified atom stereocenters. The highest BCUT2D eigenvalue weighted by atomic mass is 16.5. The Morgan fingerprint density at radius 2 is 1.89 bits per heavy atom. The van der Waals surface area contributed by atoms with Crippen molar-refractivity contribution >= 4 is 5.96 Å². The fourth-order valence-corrected chi connectivity index (χ4v) is 3.06. The lowest BCUT2D eigenvalue weighted by molar-refractivity contribution is 0.129. The molecule has 6 heteroatoms. The third kappa shape index (κ3) is 6.29. The van der Waals surface area contributed by atoms with Gasteiger partial charge in [0.2, 0.25) is 0 Å². The van der Waals surface area contributed by atoms with Gasteiger partial charge >= 0.3 is 0 Å². The smallest absolute Gasteiger partial charge is 0.191 e. The number of aryl methyl sites for hydroxylation is 2. The molecule has 0 saturated heterocycles. The molecule has 0 amide bonds. The molecule has 0 aliphatic heterocycles. The van der Waals surface area contributed by atoms with Crippen LogP contribution in [0.3, 0.4) is 0 Å². The Kier molecular flexibility index (Phi) is 7.49. The Hall–Kier alpha value is -2.50. The standard InChI is InChI=1S/C22H35N5O/c1-8-23-21(24-14-13-19-16(2)26-27(7)17(19)3)25-15-18-11-9-10-12-20(18)28-22(4,5)6/h9-12H,8,13-15H2,1-7H3,(H2,23,24,25). The van der Waals surface area contributed by atoms with Crippen molar-refractivity contribution in [1.82, 2.24) is 20.4 Å². The summed E-state index contributed by atoms with van der Waals surface area (Å²) in [5.41, 5.74) is 4.46. The molecule has 28 heavy (non-hydrogen) atoms. The molecule has 2 rings (SSSR count). The predicted octanol–water partition coefficient (Wildman–Crippen LogP) is 3.51. The number of aromatic nitrogens is 2. The van der Waals surface area contributed by atoms with Crippen molar-refractivity contribution in [3.05, 3.63) is 46.8 Å². The number of aliphatic imine (C=N–C) groups is 1. The van der Waals surface area contributed by atoms with E-state index in [9.17, 15) is 0 Å². The number of rotatable bonds is 7. The average Bonchev–Trinajstić information content (AvgIpc) is 2.85. The van der Waals surface area contributed by atoms with Gasteiger partial charge in [0.15, 0.2) is 5.96 Å². The minimum atomic E-state index is -0.234. The van der Waals surface area contributed by atoms with E-state index < -0.39 is 0 Å². The van der Waals surface area contributed by atoms with E-state index in [0.717, 1.165) is 42.5 Å².